The molecule has 0 fully saturated rings. The Bertz CT molecular complexity index is 130. The molecule has 0 saturated carbocycles. The number of aliphatic carboxylic acids is 1. The molecule has 0 heterocycles. The van der Waals surface area contributed by atoms with Crippen LogP contribution in [0.3, 0.4) is 0 Å². The minimum absolute atomic E-state index is 0.0429. The number of carboxylic acid groups (broad SMARTS) is 1. The molecule has 1 amide bonds. The molecule has 11 heavy (non-hydrogen) atoms. The molecule has 0 spiro atoms. The Labute approximate surface area is 64.1 Å². The Morgan fingerprint density at radius 1 is 1.27 bits per heavy atom. The van der Waals surface area contributed by atoms with Gasteiger partial charge in [0, 0.05) is 6.42 Å². The molecule has 0 aromatic heterocycles. The summed E-state index contributed by atoms with van der Waals surface area (Å²) in [6.45, 7) is 0.325. The SMILES string of the molecule is NC(=O)CCOCCC(=O)O. The van der Waals surface area contributed by atoms with E-state index in [1.807, 2.05) is 0 Å². The van der Waals surface area contributed by atoms with Gasteiger partial charge in [-0.25, -0.2) is 0 Å². The first kappa shape index (κ1) is 9.90. The predicted molar refractivity (Wildman–Crippen MR) is 36.9 cm³/mol. The first-order valence-corrected chi connectivity index (χ1v) is 3.20. The minimum atomic E-state index is -0.913. The zero-order valence-corrected chi connectivity index (χ0v) is 6.08. The number of carbonyl (C=O) groups is 2. The van der Waals surface area contributed by atoms with E-state index in [-0.39, 0.29) is 26.1 Å². The molecule has 0 atom stereocenters. The lowest BCUT2D eigenvalue weighted by atomic mass is 10.4. The fraction of sp³-hybridized carbons (Fsp3) is 0.667. The molecule has 0 aliphatic rings. The summed E-state index contributed by atoms with van der Waals surface area (Å²) >= 11 is 0. The maximum atomic E-state index is 10.1. The van der Waals surface area contributed by atoms with Gasteiger partial charge in [0.15, 0.2) is 0 Å². The average Bonchev–Trinajstić information content (AvgIpc) is 1.85. The smallest absolute Gasteiger partial charge is 0.305 e. The van der Waals surface area contributed by atoms with Crippen LogP contribution >= 0.6 is 0 Å². The van der Waals surface area contributed by atoms with Crippen molar-refractivity contribution in [1.82, 2.24) is 0 Å². The molecule has 0 unspecified atom stereocenters. The molecule has 0 rings (SSSR count). The summed E-state index contributed by atoms with van der Waals surface area (Å²) in [5.41, 5.74) is 4.80. The summed E-state index contributed by atoms with van der Waals surface area (Å²) < 4.78 is 4.77. The molecule has 0 saturated heterocycles. The molecular formula is C6H11NO4. The van der Waals surface area contributed by atoms with E-state index in [1.54, 1.807) is 0 Å². The normalized spacial score (nSPS) is 9.45. The standard InChI is InChI=1S/C6H11NO4/c7-5(8)1-3-11-4-2-6(9)10/h1-4H2,(H2,7,8)(H,9,10). The first-order chi connectivity index (χ1) is 5.13. The van der Waals surface area contributed by atoms with Crippen LogP contribution in [0.1, 0.15) is 12.8 Å². The van der Waals surface area contributed by atoms with Crippen molar-refractivity contribution in [3.63, 3.8) is 0 Å². The van der Waals surface area contributed by atoms with E-state index in [0.717, 1.165) is 0 Å². The Kier molecular flexibility index (Phi) is 5.10. The topological polar surface area (TPSA) is 89.6 Å². The van der Waals surface area contributed by atoms with Gasteiger partial charge in [-0.2, -0.15) is 0 Å². The molecule has 0 aromatic rings. The lowest BCUT2D eigenvalue weighted by Crippen LogP contribution is -2.14. The van der Waals surface area contributed by atoms with Gasteiger partial charge in [-0.1, -0.05) is 0 Å². The number of primary amides is 1. The Morgan fingerprint density at radius 2 is 1.82 bits per heavy atom. The van der Waals surface area contributed by atoms with Crippen LogP contribution in [0.15, 0.2) is 0 Å². The van der Waals surface area contributed by atoms with E-state index in [4.69, 9.17) is 15.6 Å². The molecule has 0 aliphatic heterocycles. The van der Waals surface area contributed by atoms with Crippen LogP contribution in [-0.4, -0.2) is 30.2 Å². The van der Waals surface area contributed by atoms with Crippen LogP contribution in [0.4, 0.5) is 0 Å². The maximum absolute atomic E-state index is 10.1. The molecule has 0 bridgehead atoms. The fourth-order valence-corrected chi connectivity index (χ4v) is 0.434. The monoisotopic (exact) mass is 161 g/mol. The number of ether oxygens (including phenoxy) is 1. The minimum Gasteiger partial charge on any atom is -0.481 e. The number of carboxylic acids is 1. The number of hydrogen-bond donors (Lipinski definition) is 2. The largest absolute Gasteiger partial charge is 0.481 e. The van der Waals surface area contributed by atoms with Gasteiger partial charge in [0.05, 0.1) is 19.6 Å². The van der Waals surface area contributed by atoms with Crippen molar-refractivity contribution in [2.24, 2.45) is 5.73 Å². The van der Waals surface area contributed by atoms with E-state index in [9.17, 15) is 9.59 Å². The quantitative estimate of drug-likeness (QED) is 0.506. The first-order valence-electron chi connectivity index (χ1n) is 3.20. The summed E-state index contributed by atoms with van der Waals surface area (Å²) in [6, 6.07) is 0. The van der Waals surface area contributed by atoms with Gasteiger partial charge in [0.25, 0.3) is 0 Å². The zero-order chi connectivity index (χ0) is 8.69. The van der Waals surface area contributed by atoms with Gasteiger partial charge in [0.2, 0.25) is 5.91 Å². The highest BCUT2D eigenvalue weighted by atomic mass is 16.5. The molecule has 0 radical (unpaired) electrons. The summed E-state index contributed by atoms with van der Waals surface area (Å²) in [6.07, 6.45) is 0.0956. The van der Waals surface area contributed by atoms with Crippen LogP contribution in [-0.2, 0) is 14.3 Å². The number of amides is 1. The zero-order valence-electron chi connectivity index (χ0n) is 6.08. The van der Waals surface area contributed by atoms with E-state index in [1.165, 1.54) is 0 Å². The molecule has 5 heteroatoms. The van der Waals surface area contributed by atoms with Crippen molar-refractivity contribution in [1.29, 1.82) is 0 Å². The summed E-state index contributed by atoms with van der Waals surface area (Å²) in [5.74, 6) is -1.36. The Morgan fingerprint density at radius 3 is 2.27 bits per heavy atom. The van der Waals surface area contributed by atoms with E-state index in [0.29, 0.717) is 0 Å². The maximum Gasteiger partial charge on any atom is 0.305 e. The van der Waals surface area contributed by atoms with Crippen molar-refractivity contribution in [3.8, 4) is 0 Å². The van der Waals surface area contributed by atoms with Gasteiger partial charge < -0.3 is 15.6 Å². The van der Waals surface area contributed by atoms with Crippen molar-refractivity contribution >= 4 is 11.9 Å². The average molecular weight is 161 g/mol. The number of carbonyl (C=O) groups excluding carboxylic acids is 1. The Hall–Kier alpha value is -1.10. The highest BCUT2D eigenvalue weighted by Crippen LogP contribution is 1.85. The van der Waals surface area contributed by atoms with E-state index in [2.05, 4.69) is 0 Å². The van der Waals surface area contributed by atoms with E-state index < -0.39 is 11.9 Å². The molecular weight excluding hydrogens is 150 g/mol. The third kappa shape index (κ3) is 8.90. The van der Waals surface area contributed by atoms with Crippen LogP contribution in [0.2, 0.25) is 0 Å². The number of hydrogen-bond acceptors (Lipinski definition) is 3. The summed E-state index contributed by atoms with van der Waals surface area (Å²) in [4.78, 5) is 20.0. The third-order valence-electron chi connectivity index (χ3n) is 0.953. The third-order valence-corrected chi connectivity index (χ3v) is 0.953. The predicted octanol–water partition coefficient (Wildman–Crippen LogP) is -0.647. The van der Waals surface area contributed by atoms with Gasteiger partial charge in [-0.3, -0.25) is 9.59 Å². The summed E-state index contributed by atoms with van der Waals surface area (Å²) in [5, 5.41) is 8.15. The van der Waals surface area contributed by atoms with Gasteiger partial charge in [-0.05, 0) is 0 Å². The van der Waals surface area contributed by atoms with Gasteiger partial charge in [-0.15, -0.1) is 0 Å². The molecule has 0 aliphatic carbocycles. The summed E-state index contributed by atoms with van der Waals surface area (Å²) in [7, 11) is 0. The number of rotatable bonds is 6. The molecule has 3 N–H and O–H groups in total. The van der Waals surface area contributed by atoms with E-state index >= 15 is 0 Å². The van der Waals surface area contributed by atoms with Crippen molar-refractivity contribution in [2.45, 2.75) is 12.8 Å². The van der Waals surface area contributed by atoms with Crippen LogP contribution in [0, 0.1) is 0 Å². The highest BCUT2D eigenvalue weighted by Gasteiger charge is 1.97. The van der Waals surface area contributed by atoms with Crippen molar-refractivity contribution in [2.75, 3.05) is 13.2 Å². The molecule has 0 aromatic carbocycles. The molecule has 5 nitrogen and oxygen atoms in total. The highest BCUT2D eigenvalue weighted by molar-refractivity contribution is 5.73. The molecule has 64 valence electrons. The number of nitrogens with two attached hydrogens (primary N) is 1. The van der Waals surface area contributed by atoms with Crippen molar-refractivity contribution < 1.29 is 19.4 Å². The second-order valence-corrected chi connectivity index (χ2v) is 1.97. The second-order valence-electron chi connectivity index (χ2n) is 1.97. The van der Waals surface area contributed by atoms with Crippen LogP contribution < -0.4 is 5.73 Å². The Balaban J connectivity index is 3.03. The van der Waals surface area contributed by atoms with Crippen LogP contribution in [0.5, 0.6) is 0 Å². The van der Waals surface area contributed by atoms with Crippen LogP contribution in [0.25, 0.3) is 0 Å². The lowest BCUT2D eigenvalue weighted by Gasteiger charge is -1.98. The fourth-order valence-electron chi connectivity index (χ4n) is 0.434. The lowest BCUT2D eigenvalue weighted by molar-refractivity contribution is -0.138. The second kappa shape index (κ2) is 5.67. The van der Waals surface area contributed by atoms with Gasteiger partial charge >= 0.3 is 5.97 Å². The van der Waals surface area contributed by atoms with Crippen molar-refractivity contribution in [3.05, 3.63) is 0 Å². The van der Waals surface area contributed by atoms with Gasteiger partial charge in [0.1, 0.15) is 0 Å².